The Morgan fingerprint density at radius 1 is 0.983 bits per heavy atom. The van der Waals surface area contributed by atoms with Gasteiger partial charge in [-0.1, -0.05) is 58.0 Å². The van der Waals surface area contributed by atoms with Crippen LogP contribution in [0.2, 0.25) is 18.1 Å². The van der Waals surface area contributed by atoms with Crippen LogP contribution in [0.4, 0.5) is 14.6 Å². The van der Waals surface area contributed by atoms with Gasteiger partial charge in [0.1, 0.15) is 36.6 Å². The molecule has 320 valence electrons. The monoisotopic (exact) mass is 882 g/mol. The SMILES string of the molecule is CC[C@H]1O[C@@H]2[C@H](F)[C@@H]1OP(O)(=S)OC[C@H]1O[C@H]([C@H](F)[C@@H]1O[Si](C)(C)C(C)(C)C)n1cnc3c(ncnc31)N(C(=O)c1ccccc1)C/C=C/CCc1ncnc3c1ccn32. The largest absolute Gasteiger partial charge is 0.408 e. The van der Waals surface area contributed by atoms with Gasteiger partial charge in [-0.15, -0.1) is 0 Å². The Balaban J connectivity index is 1.20. The van der Waals surface area contributed by atoms with Crippen LogP contribution in [0.5, 0.6) is 0 Å². The highest BCUT2D eigenvalue weighted by molar-refractivity contribution is 8.07. The molecule has 1 unspecified atom stereocenters. The van der Waals surface area contributed by atoms with Crippen LogP contribution < -0.4 is 4.90 Å². The van der Waals surface area contributed by atoms with Gasteiger partial charge in [0.15, 0.2) is 50.1 Å². The average molecular weight is 883 g/mol. The molecule has 9 atom stereocenters. The number of imidazole rings is 1. The lowest BCUT2D eigenvalue weighted by atomic mass is 10.1. The molecule has 20 heteroatoms. The zero-order chi connectivity index (χ0) is 42.6. The molecule has 0 spiro atoms. The van der Waals surface area contributed by atoms with E-state index in [9.17, 15) is 9.69 Å². The molecule has 0 saturated carbocycles. The predicted molar refractivity (Wildman–Crippen MR) is 226 cm³/mol. The smallest absolute Gasteiger partial charge is 0.325 e. The summed E-state index contributed by atoms with van der Waals surface area (Å²) in [5.41, 5.74) is 2.10. The first-order valence-corrected chi connectivity index (χ1v) is 25.5. The van der Waals surface area contributed by atoms with E-state index in [1.807, 2.05) is 65.1 Å². The number of allylic oxidation sites excluding steroid dienone is 1. The van der Waals surface area contributed by atoms with Crippen molar-refractivity contribution < 1.29 is 41.4 Å². The molecule has 1 aromatic carbocycles. The van der Waals surface area contributed by atoms with Gasteiger partial charge in [-0.3, -0.25) is 18.8 Å². The molecule has 4 aromatic heterocycles. The van der Waals surface area contributed by atoms with Gasteiger partial charge in [-0.25, -0.2) is 33.7 Å². The van der Waals surface area contributed by atoms with E-state index in [0.717, 1.165) is 11.1 Å². The van der Waals surface area contributed by atoms with E-state index >= 15 is 8.78 Å². The van der Waals surface area contributed by atoms with Crippen LogP contribution in [0.3, 0.4) is 0 Å². The first kappa shape index (κ1) is 42.8. The van der Waals surface area contributed by atoms with Crippen molar-refractivity contribution in [2.45, 2.75) is 114 Å². The number of anilines is 1. The lowest BCUT2D eigenvalue weighted by Crippen LogP contribution is -2.49. The fourth-order valence-electron chi connectivity index (χ4n) is 7.61. The molecule has 60 heavy (non-hydrogen) atoms. The summed E-state index contributed by atoms with van der Waals surface area (Å²) in [5.74, 6) is -0.107. The number of nitrogens with zero attached hydrogens (tertiary/aromatic N) is 8. The molecule has 2 saturated heterocycles. The Morgan fingerprint density at radius 3 is 2.47 bits per heavy atom. The van der Waals surface area contributed by atoms with Gasteiger partial charge in [-0.2, -0.15) is 0 Å². The van der Waals surface area contributed by atoms with Crippen LogP contribution in [0.15, 0.2) is 73.7 Å². The molecule has 1 N–H and O–H groups in total. The van der Waals surface area contributed by atoms with Crippen molar-refractivity contribution in [3.8, 4) is 0 Å². The topological polar surface area (TPSA) is 161 Å². The number of hydrogen-bond donors (Lipinski definition) is 1. The van der Waals surface area contributed by atoms with E-state index in [2.05, 4.69) is 24.9 Å². The molecule has 5 aromatic rings. The lowest BCUT2D eigenvalue weighted by molar-refractivity contribution is -0.0458. The van der Waals surface area contributed by atoms with Crippen molar-refractivity contribution >= 4 is 60.8 Å². The number of fused-ring (bicyclic) bond motifs is 6. The first-order chi connectivity index (χ1) is 28.6. The Morgan fingerprint density at radius 2 is 1.72 bits per heavy atom. The maximum Gasteiger partial charge on any atom is 0.325 e. The summed E-state index contributed by atoms with van der Waals surface area (Å²) < 4.78 is 67.7. The average Bonchev–Trinajstić information content (AvgIpc) is 3.99. The highest BCUT2D eigenvalue weighted by Crippen LogP contribution is 2.51. The van der Waals surface area contributed by atoms with Crippen molar-refractivity contribution in [1.29, 1.82) is 0 Å². The quantitative estimate of drug-likeness (QED) is 0.109. The summed E-state index contributed by atoms with van der Waals surface area (Å²) in [5, 5.41) is 0.417. The van der Waals surface area contributed by atoms with Gasteiger partial charge in [0, 0.05) is 23.7 Å². The number of ether oxygens (including phenoxy) is 2. The molecule has 7 heterocycles. The van der Waals surface area contributed by atoms with Crippen molar-refractivity contribution in [1.82, 2.24) is 34.1 Å². The van der Waals surface area contributed by atoms with E-state index in [-0.39, 0.29) is 34.5 Å². The molecule has 3 aliphatic heterocycles. The van der Waals surface area contributed by atoms with E-state index in [1.165, 1.54) is 28.4 Å². The Labute approximate surface area is 352 Å². The first-order valence-electron chi connectivity index (χ1n) is 20.0. The van der Waals surface area contributed by atoms with E-state index in [0.29, 0.717) is 30.5 Å². The van der Waals surface area contributed by atoms with Gasteiger partial charge in [0.05, 0.1) is 24.7 Å². The molecule has 0 aliphatic carbocycles. The van der Waals surface area contributed by atoms with Crippen LogP contribution in [-0.2, 0) is 41.2 Å². The third-order valence-corrected chi connectivity index (χ3v) is 17.9. The summed E-state index contributed by atoms with van der Waals surface area (Å²) in [6, 6.07) is 10.6. The number of benzene rings is 1. The molecule has 12 bridgehead atoms. The predicted octanol–water partition coefficient (Wildman–Crippen LogP) is 7.31. The summed E-state index contributed by atoms with van der Waals surface area (Å²) in [4.78, 5) is 49.7. The Hall–Kier alpha value is -3.91. The van der Waals surface area contributed by atoms with Gasteiger partial charge in [0.25, 0.3) is 5.91 Å². The minimum atomic E-state index is -4.20. The number of aromatic nitrogens is 7. The maximum atomic E-state index is 17.1. The highest BCUT2D eigenvalue weighted by Gasteiger charge is 2.53. The number of hydrogen-bond acceptors (Lipinski definition) is 12. The number of carbonyl (C=O) groups excluding carboxylic acids is 1. The van der Waals surface area contributed by atoms with Crippen LogP contribution >= 0.6 is 6.72 Å². The van der Waals surface area contributed by atoms with Gasteiger partial charge < -0.3 is 27.9 Å². The summed E-state index contributed by atoms with van der Waals surface area (Å²) in [6.45, 7) is 7.40. The van der Waals surface area contributed by atoms with E-state index in [4.69, 9.17) is 34.8 Å². The summed E-state index contributed by atoms with van der Waals surface area (Å²) in [6.07, 6.45) is 0.695. The normalized spacial score (nSPS) is 30.0. The number of amides is 1. The van der Waals surface area contributed by atoms with Crippen molar-refractivity contribution in [2.24, 2.45) is 0 Å². The molecule has 15 nitrogen and oxygen atoms in total. The number of halogens is 2. The van der Waals surface area contributed by atoms with E-state index < -0.39 is 70.9 Å². The number of aryl methyl sites for hydroxylation is 1. The summed E-state index contributed by atoms with van der Waals surface area (Å²) >= 11 is 5.47. The Kier molecular flexibility index (Phi) is 11.9. The number of carbonyl (C=O) groups is 1. The number of alkyl halides is 2. The third kappa shape index (κ3) is 8.11. The fraction of sp³-hybridized carbons (Fsp3) is 0.500. The van der Waals surface area contributed by atoms with Gasteiger partial charge in [0.2, 0.25) is 0 Å². The van der Waals surface area contributed by atoms with Gasteiger partial charge >= 0.3 is 6.72 Å². The molecule has 0 radical (unpaired) electrons. The maximum absolute atomic E-state index is 17.1. The molecular weight excluding hydrogens is 834 g/mol. The standard InChI is InChI=1S/C40H49F2N8O7PSSi/c1-7-27-32-29(41)38(54-27)49-19-17-25-26(43-21-44-34(25)49)16-12-9-13-18-48(37(51)24-14-10-8-11-15-24)35-31-36(46-22-45-35)50(23-47-31)39-30(42)33(57-60(5,6)40(2,3)4)28(55-39)20-53-58(52,59)56-32/h8-11,13-15,17,19,21-23,27-30,32-33,38-39H,7,12,16,18,20H2,1-6H3,(H,52,59)/b13-9+/t27-,28-,29-,30-,32-,33-,38-,39-,58?/m1/s1. The van der Waals surface area contributed by atoms with Crippen LogP contribution in [-0.4, -0.2) is 103 Å². The second-order valence-corrected chi connectivity index (χ2v) is 24.2. The lowest BCUT2D eigenvalue weighted by Gasteiger charge is -2.39. The molecule has 8 rings (SSSR count). The molecule has 2 fully saturated rings. The summed E-state index contributed by atoms with van der Waals surface area (Å²) in [7, 11) is -2.65. The molecular formula is C40H49F2N8O7PSSi. The second-order valence-electron chi connectivity index (χ2n) is 16.7. The van der Waals surface area contributed by atoms with Crippen molar-refractivity contribution in [3.05, 3.63) is 85.0 Å². The number of rotatable bonds is 4. The minimum absolute atomic E-state index is 0.127. The molecule has 3 aliphatic rings. The van der Waals surface area contributed by atoms with Crippen molar-refractivity contribution in [2.75, 3.05) is 18.1 Å². The Bertz CT molecular complexity index is 2440. The fourth-order valence-corrected chi connectivity index (χ4v) is 10.4. The minimum Gasteiger partial charge on any atom is -0.408 e. The van der Waals surface area contributed by atoms with Crippen molar-refractivity contribution in [3.63, 3.8) is 0 Å². The van der Waals surface area contributed by atoms with Crippen LogP contribution in [0.1, 0.15) is 69.0 Å². The van der Waals surface area contributed by atoms with Crippen LogP contribution in [0.25, 0.3) is 22.2 Å². The highest BCUT2D eigenvalue weighted by atomic mass is 32.5. The zero-order valence-electron chi connectivity index (χ0n) is 34.2. The van der Waals surface area contributed by atoms with Gasteiger partial charge in [-0.05, 0) is 67.4 Å². The second kappa shape index (κ2) is 16.7. The van der Waals surface area contributed by atoms with Crippen LogP contribution in [0, 0.1) is 0 Å². The van der Waals surface area contributed by atoms with E-state index in [1.54, 1.807) is 35.0 Å². The molecule has 1 amide bonds. The zero-order valence-corrected chi connectivity index (χ0v) is 36.9. The third-order valence-electron chi connectivity index (χ3n) is 11.8.